The van der Waals surface area contributed by atoms with Gasteiger partial charge in [-0.15, -0.1) is 0 Å². The summed E-state index contributed by atoms with van der Waals surface area (Å²) in [6.45, 7) is 6.24. The average Bonchev–Trinajstić information content (AvgIpc) is 2.79. The number of aryl methyl sites for hydroxylation is 2. The van der Waals surface area contributed by atoms with E-state index in [0.717, 1.165) is 30.3 Å². The van der Waals surface area contributed by atoms with Crippen LogP contribution >= 0.6 is 0 Å². The van der Waals surface area contributed by atoms with Crippen LogP contribution in [0.4, 0.5) is 0 Å². The molecular formula is C15H20N4. The van der Waals surface area contributed by atoms with E-state index in [4.69, 9.17) is 0 Å². The van der Waals surface area contributed by atoms with Crippen LogP contribution < -0.4 is 5.32 Å². The first kappa shape index (κ1) is 12.4. The van der Waals surface area contributed by atoms with E-state index in [-0.39, 0.29) is 0 Å². The Kier molecular flexibility index (Phi) is 3.34. The van der Waals surface area contributed by atoms with Gasteiger partial charge in [0.05, 0.1) is 11.4 Å². The lowest BCUT2D eigenvalue weighted by atomic mass is 9.95. The Balaban J connectivity index is 1.93. The first-order valence-electron chi connectivity index (χ1n) is 6.93. The minimum Gasteiger partial charge on any atom is -0.316 e. The average molecular weight is 256 g/mol. The molecule has 1 fully saturated rings. The number of aromatic nitrogens is 3. The summed E-state index contributed by atoms with van der Waals surface area (Å²) in [7, 11) is 0. The van der Waals surface area contributed by atoms with E-state index in [1.165, 1.54) is 18.5 Å². The number of piperidine rings is 1. The summed E-state index contributed by atoms with van der Waals surface area (Å²) < 4.78 is 2.14. The van der Waals surface area contributed by atoms with Crippen molar-refractivity contribution in [1.29, 1.82) is 0 Å². The summed E-state index contributed by atoms with van der Waals surface area (Å²) in [6.07, 6.45) is 6.45. The molecule has 1 saturated heterocycles. The molecule has 1 unspecified atom stereocenters. The molecule has 0 amide bonds. The van der Waals surface area contributed by atoms with Gasteiger partial charge in [0, 0.05) is 30.6 Å². The predicted octanol–water partition coefficient (Wildman–Crippen LogP) is 2.35. The topological polar surface area (TPSA) is 42.7 Å². The number of pyridine rings is 1. The van der Waals surface area contributed by atoms with Crippen LogP contribution in [-0.2, 0) is 0 Å². The Morgan fingerprint density at radius 3 is 2.95 bits per heavy atom. The van der Waals surface area contributed by atoms with E-state index in [1.54, 1.807) is 0 Å². The molecule has 3 rings (SSSR count). The van der Waals surface area contributed by atoms with Crippen LogP contribution in [0, 0.1) is 13.8 Å². The Morgan fingerprint density at radius 1 is 1.37 bits per heavy atom. The molecule has 3 heterocycles. The van der Waals surface area contributed by atoms with Crippen molar-refractivity contribution in [2.75, 3.05) is 13.1 Å². The highest BCUT2D eigenvalue weighted by atomic mass is 15.1. The molecule has 0 aliphatic carbocycles. The maximum atomic E-state index is 4.55. The summed E-state index contributed by atoms with van der Waals surface area (Å²) >= 11 is 0. The predicted molar refractivity (Wildman–Crippen MR) is 75.7 cm³/mol. The Morgan fingerprint density at radius 2 is 2.26 bits per heavy atom. The molecule has 4 heteroatoms. The van der Waals surface area contributed by atoms with Crippen LogP contribution in [0.5, 0.6) is 0 Å². The third kappa shape index (κ3) is 2.54. The van der Waals surface area contributed by atoms with Crippen LogP contribution in [-0.4, -0.2) is 27.6 Å². The second-order valence-corrected chi connectivity index (χ2v) is 5.28. The van der Waals surface area contributed by atoms with E-state index in [9.17, 15) is 0 Å². The van der Waals surface area contributed by atoms with Crippen molar-refractivity contribution in [2.24, 2.45) is 0 Å². The molecule has 100 valence electrons. The number of imidazole rings is 1. The van der Waals surface area contributed by atoms with Crippen molar-refractivity contribution in [3.63, 3.8) is 0 Å². The number of hydrogen-bond acceptors (Lipinski definition) is 3. The first-order chi connectivity index (χ1) is 9.24. The van der Waals surface area contributed by atoms with Gasteiger partial charge in [0.1, 0.15) is 5.82 Å². The standard InChI is InChI=1S/C15H20N4/c1-11-10-19(12(2)18-11)14-5-7-17-15(8-14)13-4-3-6-16-9-13/h5,7-8,10,13,16H,3-4,6,9H2,1-2H3. The van der Waals surface area contributed by atoms with Gasteiger partial charge in [0.25, 0.3) is 0 Å². The van der Waals surface area contributed by atoms with E-state index in [1.807, 2.05) is 26.1 Å². The Bertz CT molecular complexity index is 567. The molecule has 1 N–H and O–H groups in total. The molecule has 2 aromatic heterocycles. The lowest BCUT2D eigenvalue weighted by molar-refractivity contribution is 0.454. The zero-order valence-electron chi connectivity index (χ0n) is 11.6. The van der Waals surface area contributed by atoms with Crippen molar-refractivity contribution in [2.45, 2.75) is 32.6 Å². The lowest BCUT2D eigenvalue weighted by Gasteiger charge is -2.22. The van der Waals surface area contributed by atoms with E-state index in [2.05, 4.69) is 32.1 Å². The van der Waals surface area contributed by atoms with Gasteiger partial charge in [-0.05, 0) is 45.4 Å². The molecule has 2 aromatic rings. The van der Waals surface area contributed by atoms with E-state index in [0.29, 0.717) is 5.92 Å². The zero-order chi connectivity index (χ0) is 13.2. The second kappa shape index (κ2) is 5.13. The molecule has 0 bridgehead atoms. The summed E-state index contributed by atoms with van der Waals surface area (Å²) in [5.74, 6) is 1.56. The van der Waals surface area contributed by atoms with Gasteiger partial charge in [-0.3, -0.25) is 4.98 Å². The second-order valence-electron chi connectivity index (χ2n) is 5.28. The number of hydrogen-bond donors (Lipinski definition) is 1. The molecule has 19 heavy (non-hydrogen) atoms. The van der Waals surface area contributed by atoms with Gasteiger partial charge < -0.3 is 9.88 Å². The highest BCUT2D eigenvalue weighted by molar-refractivity contribution is 5.35. The van der Waals surface area contributed by atoms with Crippen LogP contribution in [0.3, 0.4) is 0 Å². The van der Waals surface area contributed by atoms with Crippen LogP contribution in [0.15, 0.2) is 24.5 Å². The molecule has 0 aromatic carbocycles. The Labute approximate surface area is 113 Å². The molecule has 1 atom stereocenters. The van der Waals surface area contributed by atoms with Crippen LogP contribution in [0.2, 0.25) is 0 Å². The summed E-state index contributed by atoms with van der Waals surface area (Å²) in [5, 5.41) is 3.45. The summed E-state index contributed by atoms with van der Waals surface area (Å²) in [6, 6.07) is 4.25. The normalized spacial score (nSPS) is 19.6. The van der Waals surface area contributed by atoms with Crippen LogP contribution in [0.25, 0.3) is 5.69 Å². The minimum absolute atomic E-state index is 0.540. The molecule has 0 radical (unpaired) electrons. The zero-order valence-corrected chi connectivity index (χ0v) is 11.6. The minimum atomic E-state index is 0.540. The van der Waals surface area contributed by atoms with Crippen molar-refractivity contribution >= 4 is 0 Å². The molecule has 4 nitrogen and oxygen atoms in total. The fourth-order valence-corrected chi connectivity index (χ4v) is 2.79. The van der Waals surface area contributed by atoms with Gasteiger partial charge in [0.15, 0.2) is 0 Å². The monoisotopic (exact) mass is 256 g/mol. The number of rotatable bonds is 2. The fraction of sp³-hybridized carbons (Fsp3) is 0.467. The van der Waals surface area contributed by atoms with Crippen molar-refractivity contribution < 1.29 is 0 Å². The van der Waals surface area contributed by atoms with E-state index < -0.39 is 0 Å². The van der Waals surface area contributed by atoms with Gasteiger partial charge in [-0.25, -0.2) is 4.98 Å². The molecule has 0 saturated carbocycles. The van der Waals surface area contributed by atoms with Gasteiger partial charge in [-0.2, -0.15) is 0 Å². The maximum absolute atomic E-state index is 4.55. The molecule has 0 spiro atoms. The Hall–Kier alpha value is -1.68. The van der Waals surface area contributed by atoms with Gasteiger partial charge >= 0.3 is 0 Å². The summed E-state index contributed by atoms with van der Waals surface area (Å²) in [5.41, 5.74) is 3.40. The molecular weight excluding hydrogens is 236 g/mol. The number of nitrogens with one attached hydrogen (secondary N) is 1. The summed E-state index contributed by atoms with van der Waals surface area (Å²) in [4.78, 5) is 9.01. The van der Waals surface area contributed by atoms with Crippen molar-refractivity contribution in [3.8, 4) is 5.69 Å². The van der Waals surface area contributed by atoms with E-state index >= 15 is 0 Å². The molecule has 1 aliphatic heterocycles. The fourth-order valence-electron chi connectivity index (χ4n) is 2.79. The highest BCUT2D eigenvalue weighted by Crippen LogP contribution is 2.23. The number of nitrogens with zero attached hydrogens (tertiary/aromatic N) is 3. The van der Waals surface area contributed by atoms with Crippen LogP contribution in [0.1, 0.15) is 36.0 Å². The smallest absolute Gasteiger partial charge is 0.110 e. The van der Waals surface area contributed by atoms with Gasteiger partial charge in [0.2, 0.25) is 0 Å². The third-order valence-electron chi connectivity index (χ3n) is 3.76. The SMILES string of the molecule is Cc1cn(-c2ccnc(C3CCCNC3)c2)c(C)n1. The lowest BCUT2D eigenvalue weighted by Crippen LogP contribution is -2.28. The van der Waals surface area contributed by atoms with Crippen molar-refractivity contribution in [3.05, 3.63) is 41.7 Å². The highest BCUT2D eigenvalue weighted by Gasteiger charge is 2.17. The quantitative estimate of drug-likeness (QED) is 0.897. The maximum Gasteiger partial charge on any atom is 0.110 e. The largest absolute Gasteiger partial charge is 0.316 e. The van der Waals surface area contributed by atoms with Crippen molar-refractivity contribution in [1.82, 2.24) is 19.9 Å². The third-order valence-corrected chi connectivity index (χ3v) is 3.76. The molecule has 1 aliphatic rings. The first-order valence-corrected chi connectivity index (χ1v) is 6.93. The van der Waals surface area contributed by atoms with Gasteiger partial charge in [-0.1, -0.05) is 0 Å².